The average Bonchev–Trinajstić information content (AvgIpc) is 3.25. The number of imidazole rings is 1. The van der Waals surface area contributed by atoms with Crippen LogP contribution in [0.2, 0.25) is 0 Å². The molecule has 124 valence electrons. The maximum Gasteiger partial charge on any atom is 0.258 e. The molecule has 1 aromatic carbocycles. The minimum absolute atomic E-state index is 0.108. The molecule has 0 spiro atoms. The van der Waals surface area contributed by atoms with Gasteiger partial charge in [0, 0.05) is 24.1 Å². The molecule has 7 nitrogen and oxygen atoms in total. The Balaban J connectivity index is 1.54. The Labute approximate surface area is 139 Å². The molecule has 1 atom stereocenters. The number of ether oxygens (including phenoxy) is 1. The number of nitrogens with one attached hydrogen (secondary N) is 1. The van der Waals surface area contributed by atoms with Gasteiger partial charge in [0.15, 0.2) is 6.61 Å². The maximum absolute atomic E-state index is 12.0. The van der Waals surface area contributed by atoms with Gasteiger partial charge in [-0.15, -0.1) is 0 Å². The van der Waals surface area contributed by atoms with E-state index in [2.05, 4.69) is 15.5 Å². The third kappa shape index (κ3) is 3.81. The zero-order chi connectivity index (χ0) is 16.9. The van der Waals surface area contributed by atoms with E-state index in [-0.39, 0.29) is 18.6 Å². The highest BCUT2D eigenvalue weighted by Gasteiger charge is 2.11. The molecule has 24 heavy (non-hydrogen) atoms. The first-order chi connectivity index (χ1) is 11.6. The number of hydrogen-bond acceptors (Lipinski definition) is 5. The van der Waals surface area contributed by atoms with Gasteiger partial charge < -0.3 is 19.1 Å². The second-order valence-corrected chi connectivity index (χ2v) is 5.42. The zero-order valence-corrected chi connectivity index (χ0v) is 13.5. The molecule has 2 aromatic heterocycles. The fraction of sp³-hybridized carbons (Fsp3) is 0.235. The number of aryl methyl sites for hydroxylation is 1. The molecular weight excluding hydrogens is 308 g/mol. The SMILES string of the molecule is Cc1cc(OCC(=O)N[C@@H](C)c2ccc(-n3ccnc3)cc2)no1. The van der Waals surface area contributed by atoms with Crippen molar-refractivity contribution in [3.8, 4) is 11.6 Å². The molecule has 0 fully saturated rings. The lowest BCUT2D eigenvalue weighted by atomic mass is 10.1. The maximum atomic E-state index is 12.0. The smallest absolute Gasteiger partial charge is 0.258 e. The number of carbonyl (C=O) groups excluding carboxylic acids is 1. The zero-order valence-electron chi connectivity index (χ0n) is 13.5. The summed E-state index contributed by atoms with van der Waals surface area (Å²) >= 11 is 0. The topological polar surface area (TPSA) is 82.2 Å². The Bertz CT molecular complexity index is 794. The monoisotopic (exact) mass is 326 g/mol. The van der Waals surface area contributed by atoms with Gasteiger partial charge in [0.25, 0.3) is 11.8 Å². The van der Waals surface area contributed by atoms with Crippen molar-refractivity contribution >= 4 is 5.91 Å². The summed E-state index contributed by atoms with van der Waals surface area (Å²) in [6.45, 7) is 3.57. The van der Waals surface area contributed by atoms with E-state index < -0.39 is 0 Å². The van der Waals surface area contributed by atoms with E-state index in [0.717, 1.165) is 11.3 Å². The molecule has 0 saturated heterocycles. The quantitative estimate of drug-likeness (QED) is 0.752. The van der Waals surface area contributed by atoms with Gasteiger partial charge in [-0.05, 0) is 36.7 Å². The van der Waals surface area contributed by atoms with Crippen molar-refractivity contribution in [1.29, 1.82) is 0 Å². The van der Waals surface area contributed by atoms with Crippen LogP contribution in [0.5, 0.6) is 5.88 Å². The Morgan fingerprint density at radius 3 is 2.79 bits per heavy atom. The number of benzene rings is 1. The minimum Gasteiger partial charge on any atom is -0.465 e. The summed E-state index contributed by atoms with van der Waals surface area (Å²) < 4.78 is 12.1. The van der Waals surface area contributed by atoms with Crippen molar-refractivity contribution in [2.45, 2.75) is 19.9 Å². The molecule has 0 saturated carbocycles. The van der Waals surface area contributed by atoms with E-state index in [1.807, 2.05) is 42.0 Å². The molecule has 7 heteroatoms. The summed E-state index contributed by atoms with van der Waals surface area (Å²) in [6, 6.07) is 9.41. The third-order valence-electron chi connectivity index (χ3n) is 3.53. The lowest BCUT2D eigenvalue weighted by Crippen LogP contribution is -2.31. The first-order valence-corrected chi connectivity index (χ1v) is 7.55. The Kier molecular flexibility index (Phi) is 4.60. The molecule has 3 rings (SSSR count). The summed E-state index contributed by atoms with van der Waals surface area (Å²) in [5.41, 5.74) is 2.02. The Morgan fingerprint density at radius 1 is 1.38 bits per heavy atom. The first kappa shape index (κ1) is 15.8. The van der Waals surface area contributed by atoms with E-state index in [9.17, 15) is 4.79 Å². The second-order valence-electron chi connectivity index (χ2n) is 5.42. The van der Waals surface area contributed by atoms with Crippen molar-refractivity contribution < 1.29 is 14.1 Å². The highest BCUT2D eigenvalue weighted by molar-refractivity contribution is 5.77. The van der Waals surface area contributed by atoms with Crippen LogP contribution in [0.15, 0.2) is 53.6 Å². The predicted molar refractivity (Wildman–Crippen MR) is 86.9 cm³/mol. The molecule has 1 amide bonds. The predicted octanol–water partition coefficient (Wildman–Crippen LogP) is 2.42. The fourth-order valence-corrected chi connectivity index (χ4v) is 2.26. The lowest BCUT2D eigenvalue weighted by molar-refractivity contribution is -0.123. The van der Waals surface area contributed by atoms with Crippen LogP contribution in [0.1, 0.15) is 24.3 Å². The molecule has 2 heterocycles. The fourth-order valence-electron chi connectivity index (χ4n) is 2.26. The third-order valence-corrected chi connectivity index (χ3v) is 3.53. The molecule has 0 aliphatic heterocycles. The number of rotatable bonds is 6. The normalized spacial score (nSPS) is 11.9. The van der Waals surface area contributed by atoms with Gasteiger partial charge >= 0.3 is 0 Å². The van der Waals surface area contributed by atoms with Gasteiger partial charge in [0.2, 0.25) is 0 Å². The van der Waals surface area contributed by atoms with E-state index in [0.29, 0.717) is 11.6 Å². The molecule has 3 aromatic rings. The summed E-state index contributed by atoms with van der Waals surface area (Å²) in [6.07, 6.45) is 5.35. The Hall–Kier alpha value is -3.09. The van der Waals surface area contributed by atoms with Crippen molar-refractivity contribution in [3.05, 3.63) is 60.4 Å². The van der Waals surface area contributed by atoms with Crippen LogP contribution in [0.3, 0.4) is 0 Å². The van der Waals surface area contributed by atoms with Crippen LogP contribution in [-0.4, -0.2) is 27.2 Å². The number of amides is 1. The van der Waals surface area contributed by atoms with Crippen molar-refractivity contribution in [2.24, 2.45) is 0 Å². The van der Waals surface area contributed by atoms with Crippen molar-refractivity contribution in [1.82, 2.24) is 20.0 Å². The summed E-state index contributed by atoms with van der Waals surface area (Å²) in [5, 5.41) is 6.56. The molecule has 0 aliphatic rings. The van der Waals surface area contributed by atoms with Crippen LogP contribution < -0.4 is 10.1 Å². The number of hydrogen-bond donors (Lipinski definition) is 1. The van der Waals surface area contributed by atoms with Gasteiger partial charge in [-0.3, -0.25) is 4.79 Å². The second kappa shape index (κ2) is 6.99. The number of aromatic nitrogens is 3. The molecule has 1 N–H and O–H groups in total. The van der Waals surface area contributed by atoms with Gasteiger partial charge in [0.05, 0.1) is 12.4 Å². The van der Waals surface area contributed by atoms with Gasteiger partial charge in [-0.1, -0.05) is 12.1 Å². The Morgan fingerprint density at radius 2 is 2.17 bits per heavy atom. The molecule has 0 radical (unpaired) electrons. The van der Waals surface area contributed by atoms with Gasteiger partial charge in [-0.2, -0.15) is 0 Å². The largest absolute Gasteiger partial charge is 0.465 e. The van der Waals surface area contributed by atoms with Gasteiger partial charge in [0.1, 0.15) is 5.76 Å². The van der Waals surface area contributed by atoms with Gasteiger partial charge in [-0.25, -0.2) is 4.98 Å². The van der Waals surface area contributed by atoms with Crippen LogP contribution in [0, 0.1) is 6.92 Å². The summed E-state index contributed by atoms with van der Waals surface area (Å²) in [7, 11) is 0. The van der Waals surface area contributed by atoms with Crippen LogP contribution in [-0.2, 0) is 4.79 Å². The van der Waals surface area contributed by atoms with E-state index in [4.69, 9.17) is 9.26 Å². The minimum atomic E-state index is -0.221. The highest BCUT2D eigenvalue weighted by atomic mass is 16.5. The molecule has 0 bridgehead atoms. The average molecular weight is 326 g/mol. The standard InChI is InChI=1S/C17H18N4O3/c1-12-9-17(20-24-12)23-10-16(22)19-13(2)14-3-5-15(6-4-14)21-8-7-18-11-21/h3-9,11,13H,10H2,1-2H3,(H,19,22)/t13-/m0/s1. The summed E-state index contributed by atoms with van der Waals surface area (Å²) in [5.74, 6) is 0.721. The van der Waals surface area contributed by atoms with Crippen LogP contribution in [0.4, 0.5) is 0 Å². The van der Waals surface area contributed by atoms with E-state index in [1.165, 1.54) is 0 Å². The molecule has 0 aliphatic carbocycles. The number of nitrogens with zero attached hydrogens (tertiary/aromatic N) is 3. The van der Waals surface area contributed by atoms with Crippen LogP contribution >= 0.6 is 0 Å². The lowest BCUT2D eigenvalue weighted by Gasteiger charge is -2.15. The first-order valence-electron chi connectivity index (χ1n) is 7.55. The van der Waals surface area contributed by atoms with Crippen LogP contribution in [0.25, 0.3) is 5.69 Å². The van der Waals surface area contributed by atoms with E-state index in [1.54, 1.807) is 25.5 Å². The number of carbonyl (C=O) groups is 1. The van der Waals surface area contributed by atoms with Crippen molar-refractivity contribution in [2.75, 3.05) is 6.61 Å². The van der Waals surface area contributed by atoms with Crippen molar-refractivity contribution in [3.63, 3.8) is 0 Å². The molecular formula is C17H18N4O3. The molecule has 0 unspecified atom stereocenters. The van der Waals surface area contributed by atoms with E-state index >= 15 is 0 Å². The highest BCUT2D eigenvalue weighted by Crippen LogP contribution is 2.16. The summed E-state index contributed by atoms with van der Waals surface area (Å²) in [4.78, 5) is 16.0.